The number of nitriles is 1. The molecule has 3 rings (SSSR count). The molecule has 1 aromatic heterocycles. The number of aliphatic hydroxyl groups excluding tert-OH is 1. The lowest BCUT2D eigenvalue weighted by molar-refractivity contribution is 0.122. The molecule has 0 saturated carbocycles. The highest BCUT2D eigenvalue weighted by atomic mass is 35.5. The Labute approximate surface area is 143 Å². The molecule has 1 aliphatic heterocycles. The monoisotopic (exact) mass is 349 g/mol. The number of nitrogens with zero attached hydrogens (tertiary/aromatic N) is 3. The summed E-state index contributed by atoms with van der Waals surface area (Å²) in [4.78, 5) is 7.48. The second-order valence-electron chi connectivity index (χ2n) is 5.30. The lowest BCUT2D eigenvalue weighted by atomic mass is 10.0. The Kier molecular flexibility index (Phi) is 4.83. The molecular weight excluding hydrogens is 334 g/mol. The zero-order chi connectivity index (χ0) is 16.4. The number of hydrogen-bond donors (Lipinski definition) is 1. The molecule has 1 N–H and O–H groups in total. The smallest absolute Gasteiger partial charge is 0.186 e. The molecule has 23 heavy (non-hydrogen) atoms. The number of morpholine rings is 1. The van der Waals surface area contributed by atoms with Gasteiger partial charge in [-0.3, -0.25) is 0 Å². The second-order valence-corrected chi connectivity index (χ2v) is 6.71. The van der Waals surface area contributed by atoms with Gasteiger partial charge in [-0.2, -0.15) is 5.26 Å². The van der Waals surface area contributed by atoms with Crippen LogP contribution in [0.25, 0.3) is 0 Å². The van der Waals surface area contributed by atoms with Crippen LogP contribution in [0.2, 0.25) is 5.02 Å². The molecule has 2 aromatic rings. The Morgan fingerprint density at radius 2 is 2.17 bits per heavy atom. The maximum Gasteiger partial charge on any atom is 0.186 e. The molecule has 1 saturated heterocycles. The molecule has 0 bridgehead atoms. The van der Waals surface area contributed by atoms with E-state index in [4.69, 9.17) is 21.6 Å². The predicted octanol–water partition coefficient (Wildman–Crippen LogP) is 2.89. The van der Waals surface area contributed by atoms with Gasteiger partial charge in [-0.05, 0) is 25.1 Å². The first-order valence-corrected chi connectivity index (χ1v) is 8.47. The molecule has 1 atom stereocenters. The van der Waals surface area contributed by atoms with Crippen molar-refractivity contribution in [3.8, 4) is 6.07 Å². The van der Waals surface area contributed by atoms with Crippen LogP contribution >= 0.6 is 22.9 Å². The van der Waals surface area contributed by atoms with Gasteiger partial charge in [0.1, 0.15) is 6.10 Å². The number of halogens is 1. The summed E-state index contributed by atoms with van der Waals surface area (Å²) in [6.07, 6.45) is -0.886. The van der Waals surface area contributed by atoms with E-state index in [1.807, 2.05) is 6.92 Å². The fourth-order valence-corrected chi connectivity index (χ4v) is 3.85. The van der Waals surface area contributed by atoms with Crippen molar-refractivity contribution >= 4 is 28.1 Å². The van der Waals surface area contributed by atoms with Crippen molar-refractivity contribution in [2.75, 3.05) is 31.2 Å². The Hall–Kier alpha value is -1.65. The number of ether oxygens (including phenoxy) is 1. The molecule has 2 heterocycles. The summed E-state index contributed by atoms with van der Waals surface area (Å²) in [6, 6.07) is 6.97. The zero-order valence-electron chi connectivity index (χ0n) is 12.6. The third-order valence-corrected chi connectivity index (χ3v) is 5.39. The summed E-state index contributed by atoms with van der Waals surface area (Å²) in [6.45, 7) is 4.85. The van der Waals surface area contributed by atoms with Crippen molar-refractivity contribution in [1.82, 2.24) is 4.98 Å². The van der Waals surface area contributed by atoms with Crippen LogP contribution in [0.5, 0.6) is 0 Å². The van der Waals surface area contributed by atoms with Crippen molar-refractivity contribution in [2.24, 2.45) is 0 Å². The molecule has 0 aliphatic carbocycles. The number of aliphatic hydroxyl groups is 1. The van der Waals surface area contributed by atoms with Crippen molar-refractivity contribution in [3.63, 3.8) is 0 Å². The van der Waals surface area contributed by atoms with E-state index in [1.54, 1.807) is 18.2 Å². The van der Waals surface area contributed by atoms with E-state index in [0.717, 1.165) is 28.8 Å². The quantitative estimate of drug-likeness (QED) is 0.922. The summed E-state index contributed by atoms with van der Waals surface area (Å²) in [5, 5.41) is 21.1. The van der Waals surface area contributed by atoms with Crippen LogP contribution < -0.4 is 4.90 Å². The van der Waals surface area contributed by atoms with Crippen LogP contribution in [0.4, 0.5) is 5.13 Å². The van der Waals surface area contributed by atoms with Crippen molar-refractivity contribution in [3.05, 3.63) is 44.9 Å². The fourth-order valence-electron chi connectivity index (χ4n) is 2.50. The number of anilines is 1. The van der Waals surface area contributed by atoms with Crippen LogP contribution in [0, 0.1) is 18.3 Å². The van der Waals surface area contributed by atoms with Gasteiger partial charge in [-0.25, -0.2) is 4.98 Å². The van der Waals surface area contributed by atoms with Gasteiger partial charge in [-0.1, -0.05) is 22.9 Å². The number of aromatic nitrogens is 1. The molecule has 0 spiro atoms. The highest BCUT2D eigenvalue weighted by molar-refractivity contribution is 7.15. The fraction of sp³-hybridized carbons (Fsp3) is 0.375. The van der Waals surface area contributed by atoms with Gasteiger partial charge >= 0.3 is 0 Å². The van der Waals surface area contributed by atoms with Crippen LogP contribution in [0.15, 0.2) is 18.2 Å². The normalized spacial score (nSPS) is 16.2. The SMILES string of the molecule is Cc1nc(N2CCOCC2)sc1C(O)c1cc(C#N)ccc1Cl. The van der Waals surface area contributed by atoms with Crippen molar-refractivity contribution in [2.45, 2.75) is 13.0 Å². The first-order valence-electron chi connectivity index (χ1n) is 7.28. The molecular formula is C16H16ClN3O2S. The third kappa shape index (κ3) is 3.33. The van der Waals surface area contributed by atoms with Gasteiger partial charge in [0, 0.05) is 23.7 Å². The molecule has 0 amide bonds. The number of benzene rings is 1. The van der Waals surface area contributed by atoms with Crippen LogP contribution in [-0.4, -0.2) is 36.4 Å². The lowest BCUT2D eigenvalue weighted by Crippen LogP contribution is -2.36. The van der Waals surface area contributed by atoms with Gasteiger partial charge in [0.05, 0.1) is 35.4 Å². The number of thiazole rings is 1. The molecule has 1 unspecified atom stereocenters. The van der Waals surface area contributed by atoms with Gasteiger partial charge in [-0.15, -0.1) is 0 Å². The summed E-state index contributed by atoms with van der Waals surface area (Å²) in [7, 11) is 0. The highest BCUT2D eigenvalue weighted by Gasteiger charge is 2.23. The van der Waals surface area contributed by atoms with Gasteiger partial charge in [0.15, 0.2) is 5.13 Å². The number of rotatable bonds is 3. The minimum atomic E-state index is -0.886. The van der Waals surface area contributed by atoms with E-state index in [0.29, 0.717) is 29.4 Å². The first kappa shape index (κ1) is 16.2. The van der Waals surface area contributed by atoms with Crippen LogP contribution in [0.3, 0.4) is 0 Å². The standard InChI is InChI=1S/C16H16ClN3O2S/c1-10-15(23-16(19-10)20-4-6-22-7-5-20)14(21)12-8-11(9-18)2-3-13(12)17/h2-3,8,14,21H,4-7H2,1H3. The van der Waals surface area contributed by atoms with Gasteiger partial charge < -0.3 is 14.7 Å². The summed E-state index contributed by atoms with van der Waals surface area (Å²) in [5.41, 5.74) is 1.78. The predicted molar refractivity (Wildman–Crippen MR) is 90.1 cm³/mol. The van der Waals surface area contributed by atoms with E-state index in [2.05, 4.69) is 16.0 Å². The highest BCUT2D eigenvalue weighted by Crippen LogP contribution is 2.37. The average Bonchev–Trinajstić information content (AvgIpc) is 2.97. The van der Waals surface area contributed by atoms with Crippen molar-refractivity contribution in [1.29, 1.82) is 5.26 Å². The van der Waals surface area contributed by atoms with Crippen LogP contribution in [-0.2, 0) is 4.74 Å². The molecule has 120 valence electrons. The Balaban J connectivity index is 1.92. The van der Waals surface area contributed by atoms with Crippen molar-refractivity contribution < 1.29 is 9.84 Å². The van der Waals surface area contributed by atoms with Gasteiger partial charge in [0.2, 0.25) is 0 Å². The molecule has 1 fully saturated rings. The second kappa shape index (κ2) is 6.85. The maximum absolute atomic E-state index is 10.7. The average molecular weight is 350 g/mol. The Bertz CT molecular complexity index is 750. The van der Waals surface area contributed by atoms with Gasteiger partial charge in [0.25, 0.3) is 0 Å². The molecule has 0 radical (unpaired) electrons. The first-order chi connectivity index (χ1) is 11.1. The molecule has 1 aliphatic rings. The summed E-state index contributed by atoms with van der Waals surface area (Å²) < 4.78 is 5.35. The van der Waals surface area contributed by atoms with E-state index < -0.39 is 6.10 Å². The molecule has 7 heteroatoms. The number of hydrogen-bond acceptors (Lipinski definition) is 6. The summed E-state index contributed by atoms with van der Waals surface area (Å²) in [5.74, 6) is 0. The Morgan fingerprint density at radius 1 is 1.43 bits per heavy atom. The molecule has 5 nitrogen and oxygen atoms in total. The third-order valence-electron chi connectivity index (χ3n) is 3.77. The Morgan fingerprint density at radius 3 is 2.87 bits per heavy atom. The maximum atomic E-state index is 10.7. The summed E-state index contributed by atoms with van der Waals surface area (Å²) >= 11 is 7.65. The largest absolute Gasteiger partial charge is 0.383 e. The van der Waals surface area contributed by atoms with E-state index in [-0.39, 0.29) is 0 Å². The minimum Gasteiger partial charge on any atom is -0.383 e. The van der Waals surface area contributed by atoms with E-state index >= 15 is 0 Å². The number of aryl methyl sites for hydroxylation is 1. The molecule has 1 aromatic carbocycles. The minimum absolute atomic E-state index is 0.442. The van der Waals surface area contributed by atoms with E-state index in [1.165, 1.54) is 11.3 Å². The lowest BCUT2D eigenvalue weighted by Gasteiger charge is -2.26. The topological polar surface area (TPSA) is 69.4 Å². The van der Waals surface area contributed by atoms with Crippen LogP contribution in [0.1, 0.15) is 27.8 Å². The van der Waals surface area contributed by atoms with E-state index in [9.17, 15) is 5.11 Å². The zero-order valence-corrected chi connectivity index (χ0v) is 14.2.